The average Bonchev–Trinajstić information content (AvgIpc) is 3.04. The molecular formula is C20H20N2O3. The van der Waals surface area contributed by atoms with Crippen LogP contribution in [-0.4, -0.2) is 23.5 Å². The van der Waals surface area contributed by atoms with Gasteiger partial charge in [0.25, 0.3) is 5.91 Å². The van der Waals surface area contributed by atoms with Crippen molar-refractivity contribution >= 4 is 28.5 Å². The van der Waals surface area contributed by atoms with Gasteiger partial charge in [-0.2, -0.15) is 0 Å². The van der Waals surface area contributed by atoms with Crippen molar-refractivity contribution in [2.45, 2.75) is 19.8 Å². The van der Waals surface area contributed by atoms with Gasteiger partial charge in [-0.25, -0.2) is 4.79 Å². The largest absolute Gasteiger partial charge is 0.452 e. The smallest absolute Gasteiger partial charge is 0.340 e. The highest BCUT2D eigenvalue weighted by molar-refractivity contribution is 6.05. The molecule has 0 spiro atoms. The topological polar surface area (TPSA) is 71.2 Å². The molecule has 0 saturated heterocycles. The molecule has 0 atom stereocenters. The zero-order valence-corrected chi connectivity index (χ0v) is 14.2. The van der Waals surface area contributed by atoms with Gasteiger partial charge < -0.3 is 15.0 Å². The van der Waals surface area contributed by atoms with Gasteiger partial charge in [-0.1, -0.05) is 44.2 Å². The summed E-state index contributed by atoms with van der Waals surface area (Å²) >= 11 is 0. The molecule has 0 fully saturated rings. The van der Waals surface area contributed by atoms with E-state index in [-0.39, 0.29) is 12.5 Å². The van der Waals surface area contributed by atoms with Crippen molar-refractivity contribution in [3.8, 4) is 0 Å². The summed E-state index contributed by atoms with van der Waals surface area (Å²) in [5, 5.41) is 3.50. The van der Waals surface area contributed by atoms with Crippen LogP contribution in [0.5, 0.6) is 0 Å². The van der Waals surface area contributed by atoms with Crippen LogP contribution in [0.25, 0.3) is 10.9 Å². The zero-order chi connectivity index (χ0) is 17.8. The summed E-state index contributed by atoms with van der Waals surface area (Å²) in [5.41, 5.74) is 3.15. The standard InChI is InChI=1S/C20H20N2O3/c1-13(2)14-7-9-15(10-8-14)22-19(23)12-25-20(24)17-11-21-18-6-4-3-5-16(17)18/h3-11,13,21H,12H2,1-2H3,(H,22,23). The number of anilines is 1. The van der Waals surface area contributed by atoms with Crippen LogP contribution in [0.2, 0.25) is 0 Å². The van der Waals surface area contributed by atoms with Crippen LogP contribution in [0, 0.1) is 0 Å². The number of rotatable bonds is 5. The second-order valence-electron chi connectivity index (χ2n) is 6.15. The molecule has 1 aromatic heterocycles. The van der Waals surface area contributed by atoms with Gasteiger partial charge in [0.05, 0.1) is 5.56 Å². The van der Waals surface area contributed by atoms with Gasteiger partial charge in [-0.05, 0) is 29.7 Å². The molecule has 0 bridgehead atoms. The second-order valence-corrected chi connectivity index (χ2v) is 6.15. The number of H-pyrrole nitrogens is 1. The van der Waals surface area contributed by atoms with Crippen molar-refractivity contribution in [3.63, 3.8) is 0 Å². The van der Waals surface area contributed by atoms with E-state index in [4.69, 9.17) is 4.74 Å². The maximum absolute atomic E-state index is 12.2. The molecule has 25 heavy (non-hydrogen) atoms. The van der Waals surface area contributed by atoms with E-state index in [0.717, 1.165) is 10.9 Å². The number of aromatic amines is 1. The van der Waals surface area contributed by atoms with E-state index in [0.29, 0.717) is 17.2 Å². The molecule has 0 aliphatic carbocycles. The summed E-state index contributed by atoms with van der Waals surface area (Å²) in [6, 6.07) is 15.1. The maximum atomic E-state index is 12.2. The Balaban J connectivity index is 1.57. The number of amides is 1. The number of aromatic nitrogens is 1. The van der Waals surface area contributed by atoms with Crippen LogP contribution in [0.1, 0.15) is 35.7 Å². The van der Waals surface area contributed by atoms with Gasteiger partial charge >= 0.3 is 5.97 Å². The molecule has 1 heterocycles. The van der Waals surface area contributed by atoms with Crippen molar-refractivity contribution in [2.75, 3.05) is 11.9 Å². The Bertz CT molecular complexity index is 895. The summed E-state index contributed by atoms with van der Waals surface area (Å²) < 4.78 is 5.12. The number of nitrogens with one attached hydrogen (secondary N) is 2. The van der Waals surface area contributed by atoms with Crippen molar-refractivity contribution in [1.82, 2.24) is 4.98 Å². The first-order chi connectivity index (χ1) is 12.0. The van der Waals surface area contributed by atoms with Crippen LogP contribution < -0.4 is 5.32 Å². The molecule has 2 N–H and O–H groups in total. The SMILES string of the molecule is CC(C)c1ccc(NC(=O)COC(=O)c2c[nH]c3ccccc23)cc1. The third-order valence-electron chi connectivity index (χ3n) is 4.00. The summed E-state index contributed by atoms with van der Waals surface area (Å²) in [4.78, 5) is 27.2. The highest BCUT2D eigenvalue weighted by Crippen LogP contribution is 2.19. The molecule has 3 rings (SSSR count). The van der Waals surface area contributed by atoms with E-state index in [1.54, 1.807) is 6.20 Å². The number of para-hydroxylation sites is 1. The number of carbonyl (C=O) groups excluding carboxylic acids is 2. The van der Waals surface area contributed by atoms with Gasteiger partial charge in [-0.15, -0.1) is 0 Å². The molecule has 0 aliphatic heterocycles. The lowest BCUT2D eigenvalue weighted by molar-refractivity contribution is -0.119. The van der Waals surface area contributed by atoms with Gasteiger partial charge in [0, 0.05) is 22.8 Å². The Morgan fingerprint density at radius 3 is 2.52 bits per heavy atom. The molecule has 0 unspecified atom stereocenters. The minimum absolute atomic E-state index is 0.329. The number of ether oxygens (including phenoxy) is 1. The van der Waals surface area contributed by atoms with Crippen LogP contribution in [-0.2, 0) is 9.53 Å². The quantitative estimate of drug-likeness (QED) is 0.690. The fourth-order valence-electron chi connectivity index (χ4n) is 2.60. The van der Waals surface area contributed by atoms with Crippen molar-refractivity contribution in [1.29, 1.82) is 0 Å². The summed E-state index contributed by atoms with van der Waals surface area (Å²) in [6.45, 7) is 3.89. The van der Waals surface area contributed by atoms with E-state index in [2.05, 4.69) is 24.1 Å². The van der Waals surface area contributed by atoms with Crippen LogP contribution >= 0.6 is 0 Å². The minimum Gasteiger partial charge on any atom is -0.452 e. The maximum Gasteiger partial charge on any atom is 0.340 e. The highest BCUT2D eigenvalue weighted by Gasteiger charge is 2.14. The number of hydrogen-bond donors (Lipinski definition) is 2. The third-order valence-corrected chi connectivity index (χ3v) is 4.00. The van der Waals surface area contributed by atoms with E-state index in [1.807, 2.05) is 48.5 Å². The predicted molar refractivity (Wildman–Crippen MR) is 97.7 cm³/mol. The second kappa shape index (κ2) is 7.21. The van der Waals surface area contributed by atoms with Crippen LogP contribution in [0.3, 0.4) is 0 Å². The van der Waals surface area contributed by atoms with Crippen LogP contribution in [0.4, 0.5) is 5.69 Å². The molecule has 0 aliphatic rings. The van der Waals surface area contributed by atoms with Gasteiger partial charge in [0.15, 0.2) is 6.61 Å². The number of benzene rings is 2. The molecule has 5 nitrogen and oxygen atoms in total. The fourth-order valence-corrected chi connectivity index (χ4v) is 2.60. The summed E-state index contributed by atoms with van der Waals surface area (Å²) in [6.07, 6.45) is 1.59. The molecule has 2 aromatic carbocycles. The minimum atomic E-state index is -0.525. The van der Waals surface area contributed by atoms with Crippen LogP contribution in [0.15, 0.2) is 54.7 Å². The number of hydrogen-bond acceptors (Lipinski definition) is 3. The van der Waals surface area contributed by atoms with E-state index < -0.39 is 5.97 Å². The van der Waals surface area contributed by atoms with Crippen molar-refractivity contribution in [2.24, 2.45) is 0 Å². The predicted octanol–water partition coefficient (Wildman–Crippen LogP) is 4.09. The van der Waals surface area contributed by atoms with Gasteiger partial charge in [-0.3, -0.25) is 4.79 Å². The lowest BCUT2D eigenvalue weighted by Gasteiger charge is -2.09. The molecular weight excluding hydrogens is 316 g/mol. The molecule has 0 radical (unpaired) electrons. The highest BCUT2D eigenvalue weighted by atomic mass is 16.5. The van der Waals surface area contributed by atoms with E-state index in [9.17, 15) is 9.59 Å². The zero-order valence-electron chi connectivity index (χ0n) is 14.2. The first kappa shape index (κ1) is 16.8. The summed E-state index contributed by atoms with van der Waals surface area (Å²) in [5.74, 6) is -0.463. The van der Waals surface area contributed by atoms with Gasteiger partial charge in [0.2, 0.25) is 0 Å². The monoisotopic (exact) mass is 336 g/mol. The van der Waals surface area contributed by atoms with E-state index >= 15 is 0 Å². The Morgan fingerprint density at radius 2 is 1.80 bits per heavy atom. The molecule has 128 valence electrons. The number of fused-ring (bicyclic) bond motifs is 1. The van der Waals surface area contributed by atoms with E-state index in [1.165, 1.54) is 5.56 Å². The Hall–Kier alpha value is -3.08. The lowest BCUT2D eigenvalue weighted by atomic mass is 10.0. The molecule has 3 aromatic rings. The number of carbonyl (C=O) groups is 2. The average molecular weight is 336 g/mol. The Kier molecular flexibility index (Phi) is 4.84. The first-order valence-corrected chi connectivity index (χ1v) is 8.17. The van der Waals surface area contributed by atoms with Crippen molar-refractivity contribution < 1.29 is 14.3 Å². The molecule has 1 amide bonds. The normalized spacial score (nSPS) is 10.8. The number of esters is 1. The summed E-state index contributed by atoms with van der Waals surface area (Å²) in [7, 11) is 0. The van der Waals surface area contributed by atoms with Gasteiger partial charge in [0.1, 0.15) is 0 Å². The van der Waals surface area contributed by atoms with Crippen molar-refractivity contribution in [3.05, 3.63) is 65.9 Å². The Labute approximate surface area is 146 Å². The Morgan fingerprint density at radius 1 is 1.08 bits per heavy atom. The molecule has 0 saturated carbocycles. The molecule has 5 heteroatoms. The first-order valence-electron chi connectivity index (χ1n) is 8.17. The third kappa shape index (κ3) is 3.88. The fraction of sp³-hybridized carbons (Fsp3) is 0.200. The lowest BCUT2D eigenvalue weighted by Crippen LogP contribution is -2.20.